The average Bonchev–Trinajstić information content (AvgIpc) is 3.22. The number of aliphatic imine (C=N–C) groups is 1. The molecule has 1 saturated carbocycles. The van der Waals surface area contributed by atoms with Gasteiger partial charge in [0.05, 0.1) is 6.54 Å². The van der Waals surface area contributed by atoms with Crippen LogP contribution in [0.3, 0.4) is 0 Å². The summed E-state index contributed by atoms with van der Waals surface area (Å²) in [6, 6.07) is 8.41. The number of amides is 1. The van der Waals surface area contributed by atoms with E-state index in [1.165, 1.54) is 32.1 Å². The number of benzene rings is 1. The molecule has 6 nitrogen and oxygen atoms in total. The molecule has 0 bridgehead atoms. The standard InChI is InChI=1S/C21H32N4O2/c1-2-22-21(25-17-9-4-3-5-10-17)23-15-16-8-6-11-18(14-16)24-20(26)19-12-7-13-27-19/h6,8,11,14,17,19H,2-5,7,9-10,12-13,15H2,1H3,(H,24,26)(H2,22,23,25). The third-order valence-electron chi connectivity index (χ3n) is 5.13. The minimum atomic E-state index is -0.313. The fourth-order valence-corrected chi connectivity index (χ4v) is 3.69. The van der Waals surface area contributed by atoms with Crippen molar-refractivity contribution in [2.24, 2.45) is 4.99 Å². The molecule has 3 rings (SSSR count). The van der Waals surface area contributed by atoms with Gasteiger partial charge in [0.1, 0.15) is 6.10 Å². The lowest BCUT2D eigenvalue weighted by molar-refractivity contribution is -0.124. The minimum absolute atomic E-state index is 0.0551. The van der Waals surface area contributed by atoms with Crippen LogP contribution in [0.5, 0.6) is 0 Å². The van der Waals surface area contributed by atoms with Crippen LogP contribution in [-0.4, -0.2) is 37.2 Å². The van der Waals surface area contributed by atoms with Crippen molar-refractivity contribution in [2.45, 2.75) is 70.6 Å². The number of hydrogen-bond acceptors (Lipinski definition) is 3. The lowest BCUT2D eigenvalue weighted by Gasteiger charge is -2.24. The van der Waals surface area contributed by atoms with Gasteiger partial charge >= 0.3 is 0 Å². The quantitative estimate of drug-likeness (QED) is 0.530. The monoisotopic (exact) mass is 372 g/mol. The van der Waals surface area contributed by atoms with Crippen molar-refractivity contribution in [3.63, 3.8) is 0 Å². The highest BCUT2D eigenvalue weighted by atomic mass is 16.5. The van der Waals surface area contributed by atoms with Crippen molar-refractivity contribution >= 4 is 17.6 Å². The molecule has 2 aliphatic rings. The van der Waals surface area contributed by atoms with Gasteiger partial charge in [-0.15, -0.1) is 0 Å². The van der Waals surface area contributed by atoms with Crippen molar-refractivity contribution in [1.29, 1.82) is 0 Å². The van der Waals surface area contributed by atoms with Crippen LogP contribution in [0, 0.1) is 0 Å². The molecule has 1 aliphatic carbocycles. The van der Waals surface area contributed by atoms with Gasteiger partial charge in [0, 0.05) is 24.9 Å². The largest absolute Gasteiger partial charge is 0.368 e. The van der Waals surface area contributed by atoms with Crippen LogP contribution < -0.4 is 16.0 Å². The number of nitrogens with zero attached hydrogens (tertiary/aromatic N) is 1. The molecule has 1 atom stereocenters. The van der Waals surface area contributed by atoms with Crippen LogP contribution in [0.2, 0.25) is 0 Å². The Kier molecular flexibility index (Phi) is 7.51. The van der Waals surface area contributed by atoms with E-state index in [4.69, 9.17) is 9.73 Å². The maximum absolute atomic E-state index is 12.2. The molecular weight excluding hydrogens is 340 g/mol. The lowest BCUT2D eigenvalue weighted by Crippen LogP contribution is -2.44. The molecule has 3 N–H and O–H groups in total. The fraction of sp³-hybridized carbons (Fsp3) is 0.619. The summed E-state index contributed by atoms with van der Waals surface area (Å²) in [5, 5.41) is 9.86. The molecule has 1 heterocycles. The van der Waals surface area contributed by atoms with Crippen molar-refractivity contribution in [3.8, 4) is 0 Å². The third kappa shape index (κ3) is 6.24. The topological polar surface area (TPSA) is 74.8 Å². The molecule has 2 fully saturated rings. The second kappa shape index (κ2) is 10.3. The Morgan fingerprint density at radius 1 is 1.19 bits per heavy atom. The number of hydrogen-bond donors (Lipinski definition) is 3. The fourth-order valence-electron chi connectivity index (χ4n) is 3.69. The molecule has 0 aromatic heterocycles. The van der Waals surface area contributed by atoms with E-state index >= 15 is 0 Å². The van der Waals surface area contributed by atoms with Crippen molar-refractivity contribution < 1.29 is 9.53 Å². The summed E-state index contributed by atoms with van der Waals surface area (Å²) < 4.78 is 5.44. The molecule has 27 heavy (non-hydrogen) atoms. The predicted molar refractivity (Wildman–Crippen MR) is 109 cm³/mol. The summed E-state index contributed by atoms with van der Waals surface area (Å²) >= 11 is 0. The van der Waals surface area contributed by atoms with Gasteiger partial charge < -0.3 is 20.7 Å². The van der Waals surface area contributed by atoms with Gasteiger partial charge in [-0.1, -0.05) is 31.4 Å². The average molecular weight is 373 g/mol. The number of guanidine groups is 1. The number of carbonyl (C=O) groups is 1. The van der Waals surface area contributed by atoms with E-state index in [0.29, 0.717) is 19.2 Å². The van der Waals surface area contributed by atoms with Crippen molar-refractivity contribution in [3.05, 3.63) is 29.8 Å². The van der Waals surface area contributed by atoms with Crippen LogP contribution in [0.25, 0.3) is 0 Å². The summed E-state index contributed by atoms with van der Waals surface area (Å²) in [5.74, 6) is 0.818. The summed E-state index contributed by atoms with van der Waals surface area (Å²) in [6.45, 7) is 4.18. The first-order valence-corrected chi connectivity index (χ1v) is 10.3. The predicted octanol–water partition coefficient (Wildman–Crippen LogP) is 3.19. The SMILES string of the molecule is CCNC(=NCc1cccc(NC(=O)C2CCCO2)c1)NC1CCCCC1. The normalized spacial score (nSPS) is 21.1. The van der Waals surface area contributed by atoms with E-state index in [1.807, 2.05) is 24.3 Å². The highest BCUT2D eigenvalue weighted by Crippen LogP contribution is 2.18. The van der Waals surface area contributed by atoms with Crippen molar-refractivity contribution in [2.75, 3.05) is 18.5 Å². The summed E-state index contributed by atoms with van der Waals surface area (Å²) in [7, 11) is 0. The maximum atomic E-state index is 12.2. The van der Waals surface area contributed by atoms with Gasteiger partial charge in [-0.25, -0.2) is 4.99 Å². The first-order chi connectivity index (χ1) is 13.2. The Morgan fingerprint density at radius 3 is 2.78 bits per heavy atom. The Morgan fingerprint density at radius 2 is 2.04 bits per heavy atom. The molecule has 6 heteroatoms. The van der Waals surface area contributed by atoms with Crippen LogP contribution in [0.4, 0.5) is 5.69 Å². The number of rotatable bonds is 6. The Hall–Kier alpha value is -2.08. The summed E-state index contributed by atoms with van der Waals surface area (Å²) in [5.41, 5.74) is 1.87. The zero-order valence-corrected chi connectivity index (χ0v) is 16.3. The minimum Gasteiger partial charge on any atom is -0.368 e. The number of carbonyl (C=O) groups excluding carboxylic acids is 1. The maximum Gasteiger partial charge on any atom is 0.253 e. The first-order valence-electron chi connectivity index (χ1n) is 10.3. The number of nitrogens with one attached hydrogen (secondary N) is 3. The van der Waals surface area contributed by atoms with Crippen LogP contribution in [0.15, 0.2) is 29.3 Å². The molecule has 0 radical (unpaired) electrons. The molecule has 1 unspecified atom stereocenters. The Labute approximate surface area is 162 Å². The molecule has 1 aromatic carbocycles. The molecule has 0 spiro atoms. The third-order valence-corrected chi connectivity index (χ3v) is 5.13. The van der Waals surface area contributed by atoms with E-state index in [9.17, 15) is 4.79 Å². The Balaban J connectivity index is 1.57. The molecule has 148 valence electrons. The van der Waals surface area contributed by atoms with Gasteiger partial charge in [0.25, 0.3) is 5.91 Å². The Bertz CT molecular complexity index is 635. The van der Waals surface area contributed by atoms with E-state index in [-0.39, 0.29) is 12.0 Å². The molecule has 1 aliphatic heterocycles. The highest BCUT2D eigenvalue weighted by Gasteiger charge is 2.23. The smallest absolute Gasteiger partial charge is 0.253 e. The summed E-state index contributed by atoms with van der Waals surface area (Å²) in [6.07, 6.45) is 7.81. The van der Waals surface area contributed by atoms with Gasteiger partial charge in [-0.05, 0) is 50.3 Å². The van der Waals surface area contributed by atoms with E-state index in [1.54, 1.807) is 0 Å². The second-order valence-electron chi connectivity index (χ2n) is 7.37. The zero-order valence-electron chi connectivity index (χ0n) is 16.3. The van der Waals surface area contributed by atoms with Crippen molar-refractivity contribution in [1.82, 2.24) is 10.6 Å². The number of anilines is 1. The molecule has 1 aromatic rings. The van der Waals surface area contributed by atoms with E-state index in [2.05, 4.69) is 22.9 Å². The molecule has 1 saturated heterocycles. The van der Waals surface area contributed by atoms with Gasteiger partial charge in [-0.3, -0.25) is 4.79 Å². The van der Waals surface area contributed by atoms with E-state index in [0.717, 1.165) is 36.6 Å². The van der Waals surface area contributed by atoms with Gasteiger partial charge in [-0.2, -0.15) is 0 Å². The first kappa shape index (κ1) is 19.7. The molecule has 1 amide bonds. The van der Waals surface area contributed by atoms with Crippen LogP contribution >= 0.6 is 0 Å². The van der Waals surface area contributed by atoms with Gasteiger partial charge in [0.15, 0.2) is 5.96 Å². The zero-order chi connectivity index (χ0) is 18.9. The van der Waals surface area contributed by atoms with Crippen LogP contribution in [-0.2, 0) is 16.1 Å². The highest BCUT2D eigenvalue weighted by molar-refractivity contribution is 5.94. The second-order valence-corrected chi connectivity index (χ2v) is 7.37. The van der Waals surface area contributed by atoms with Gasteiger partial charge in [0.2, 0.25) is 0 Å². The number of ether oxygens (including phenoxy) is 1. The lowest BCUT2D eigenvalue weighted by atomic mass is 9.96. The summed E-state index contributed by atoms with van der Waals surface area (Å²) in [4.78, 5) is 16.9. The van der Waals surface area contributed by atoms with Crippen LogP contribution in [0.1, 0.15) is 57.4 Å². The van der Waals surface area contributed by atoms with E-state index < -0.39 is 0 Å². The molecular formula is C21H32N4O2.